The Morgan fingerprint density at radius 2 is 1.72 bits per heavy atom. The lowest BCUT2D eigenvalue weighted by Gasteiger charge is -2.20. The molecule has 5 nitrogen and oxygen atoms in total. The summed E-state index contributed by atoms with van der Waals surface area (Å²) in [7, 11) is 5.05. The molecule has 5 heteroatoms. The molecule has 2 N–H and O–H groups in total. The van der Waals surface area contributed by atoms with Crippen LogP contribution in [0.3, 0.4) is 0 Å². The van der Waals surface area contributed by atoms with Crippen molar-refractivity contribution in [3.8, 4) is 0 Å². The van der Waals surface area contributed by atoms with Crippen molar-refractivity contribution >= 4 is 11.8 Å². The van der Waals surface area contributed by atoms with E-state index in [4.69, 9.17) is 5.73 Å². The summed E-state index contributed by atoms with van der Waals surface area (Å²) in [5.74, 6) is 0.484. The molecule has 0 aromatic heterocycles. The fourth-order valence-electron chi connectivity index (χ4n) is 1.74. The first kappa shape index (κ1) is 16.9. The average Bonchev–Trinajstić information content (AvgIpc) is 2.33. The highest BCUT2D eigenvalue weighted by atomic mass is 16.2. The maximum atomic E-state index is 11.8. The molecular formula is C13H27N3O2. The van der Waals surface area contributed by atoms with Gasteiger partial charge in [-0.2, -0.15) is 0 Å². The smallest absolute Gasteiger partial charge is 0.241 e. The van der Waals surface area contributed by atoms with Gasteiger partial charge in [0.05, 0.1) is 6.54 Å². The van der Waals surface area contributed by atoms with Crippen LogP contribution in [0.25, 0.3) is 0 Å². The van der Waals surface area contributed by atoms with E-state index < -0.39 is 0 Å². The van der Waals surface area contributed by atoms with Crippen LogP contribution in [0.1, 0.15) is 32.6 Å². The third kappa shape index (κ3) is 6.59. The van der Waals surface area contributed by atoms with Crippen molar-refractivity contribution in [3.05, 3.63) is 0 Å². The van der Waals surface area contributed by atoms with Crippen molar-refractivity contribution in [2.75, 3.05) is 34.2 Å². The number of likely N-dealkylation sites (N-methyl/N-ethyl adjacent to an activating group) is 2. The molecule has 0 spiro atoms. The first-order valence-electron chi connectivity index (χ1n) is 6.56. The fourth-order valence-corrected chi connectivity index (χ4v) is 1.74. The predicted octanol–water partition coefficient (Wildman–Crippen LogP) is 0.688. The van der Waals surface area contributed by atoms with Gasteiger partial charge in [0.2, 0.25) is 11.8 Å². The van der Waals surface area contributed by atoms with Gasteiger partial charge in [-0.05, 0) is 25.3 Å². The van der Waals surface area contributed by atoms with E-state index in [0.717, 1.165) is 19.3 Å². The maximum Gasteiger partial charge on any atom is 0.241 e. The summed E-state index contributed by atoms with van der Waals surface area (Å²) >= 11 is 0. The second-order valence-electron chi connectivity index (χ2n) is 4.93. The lowest BCUT2D eigenvalue weighted by molar-refractivity contribution is -0.138. The third-order valence-electron chi connectivity index (χ3n) is 3.22. The Morgan fingerprint density at radius 1 is 1.11 bits per heavy atom. The Morgan fingerprint density at radius 3 is 2.17 bits per heavy atom. The highest BCUT2D eigenvalue weighted by molar-refractivity contribution is 5.84. The largest absolute Gasteiger partial charge is 0.347 e. The molecule has 0 saturated heterocycles. The first-order valence-corrected chi connectivity index (χ1v) is 6.56. The lowest BCUT2D eigenvalue weighted by atomic mass is 9.96. The number of nitrogens with zero attached hydrogens (tertiary/aromatic N) is 2. The van der Waals surface area contributed by atoms with Gasteiger partial charge in [0.25, 0.3) is 0 Å². The van der Waals surface area contributed by atoms with Crippen molar-refractivity contribution in [2.24, 2.45) is 11.7 Å². The van der Waals surface area contributed by atoms with Crippen molar-refractivity contribution in [3.63, 3.8) is 0 Å². The van der Waals surface area contributed by atoms with Crippen LogP contribution in [0.5, 0.6) is 0 Å². The molecule has 106 valence electrons. The Hall–Kier alpha value is -1.10. The van der Waals surface area contributed by atoms with Gasteiger partial charge < -0.3 is 15.5 Å². The van der Waals surface area contributed by atoms with Crippen molar-refractivity contribution < 1.29 is 9.59 Å². The number of nitrogens with two attached hydrogens (primary N) is 1. The van der Waals surface area contributed by atoms with Crippen LogP contribution in [-0.4, -0.2) is 55.8 Å². The minimum Gasteiger partial charge on any atom is -0.347 e. The number of hydrogen-bond acceptors (Lipinski definition) is 3. The van der Waals surface area contributed by atoms with Crippen LogP contribution in [0.4, 0.5) is 0 Å². The van der Waals surface area contributed by atoms with E-state index in [-0.39, 0.29) is 18.4 Å². The normalized spacial score (nSPS) is 12.1. The Labute approximate surface area is 110 Å². The zero-order valence-corrected chi connectivity index (χ0v) is 12.1. The summed E-state index contributed by atoms with van der Waals surface area (Å²) < 4.78 is 0. The van der Waals surface area contributed by atoms with Gasteiger partial charge in [0.15, 0.2) is 0 Å². The van der Waals surface area contributed by atoms with Gasteiger partial charge in [-0.15, -0.1) is 0 Å². The molecule has 0 bridgehead atoms. The second kappa shape index (κ2) is 8.91. The Kier molecular flexibility index (Phi) is 8.37. The van der Waals surface area contributed by atoms with Crippen LogP contribution in [0.2, 0.25) is 0 Å². The van der Waals surface area contributed by atoms with E-state index in [1.165, 1.54) is 9.80 Å². The van der Waals surface area contributed by atoms with Gasteiger partial charge in [-0.3, -0.25) is 9.59 Å². The summed E-state index contributed by atoms with van der Waals surface area (Å²) in [4.78, 5) is 26.3. The first-order chi connectivity index (χ1) is 8.42. The van der Waals surface area contributed by atoms with E-state index in [0.29, 0.717) is 18.9 Å². The molecule has 0 fully saturated rings. The van der Waals surface area contributed by atoms with Crippen LogP contribution in [-0.2, 0) is 9.59 Å². The number of hydrogen-bond donors (Lipinski definition) is 1. The summed E-state index contributed by atoms with van der Waals surface area (Å²) in [6, 6.07) is 0. The quantitative estimate of drug-likeness (QED) is 0.695. The maximum absolute atomic E-state index is 11.8. The number of carbonyl (C=O) groups is 2. The summed E-state index contributed by atoms with van der Waals surface area (Å²) in [6.45, 7) is 2.94. The lowest BCUT2D eigenvalue weighted by Crippen LogP contribution is -2.37. The summed E-state index contributed by atoms with van der Waals surface area (Å²) in [5, 5.41) is 0. The fraction of sp³-hybridized carbons (Fsp3) is 0.846. The minimum absolute atomic E-state index is 0.0284. The molecular weight excluding hydrogens is 230 g/mol. The minimum atomic E-state index is -0.0557. The zero-order valence-electron chi connectivity index (χ0n) is 12.1. The highest BCUT2D eigenvalue weighted by Gasteiger charge is 2.15. The van der Waals surface area contributed by atoms with Gasteiger partial charge in [0.1, 0.15) is 0 Å². The van der Waals surface area contributed by atoms with Gasteiger partial charge in [-0.25, -0.2) is 0 Å². The zero-order chi connectivity index (χ0) is 14.1. The molecule has 18 heavy (non-hydrogen) atoms. The molecule has 0 rings (SSSR count). The molecule has 0 aliphatic heterocycles. The molecule has 0 aromatic carbocycles. The molecule has 0 aliphatic carbocycles. The SMILES string of the molecule is CCC(CCN)CCC(=O)N(C)CC(=O)N(C)C. The number of carbonyl (C=O) groups excluding carboxylic acids is 2. The van der Waals surface area contributed by atoms with Crippen LogP contribution < -0.4 is 5.73 Å². The van der Waals surface area contributed by atoms with Crippen molar-refractivity contribution in [2.45, 2.75) is 32.6 Å². The monoisotopic (exact) mass is 257 g/mol. The average molecular weight is 257 g/mol. The van der Waals surface area contributed by atoms with Gasteiger partial charge in [-0.1, -0.05) is 13.3 Å². The topological polar surface area (TPSA) is 66.6 Å². The molecule has 1 unspecified atom stereocenters. The van der Waals surface area contributed by atoms with E-state index in [1.807, 2.05) is 0 Å². The number of rotatable bonds is 8. The van der Waals surface area contributed by atoms with Gasteiger partial charge >= 0.3 is 0 Å². The number of amides is 2. The predicted molar refractivity (Wildman–Crippen MR) is 73.0 cm³/mol. The third-order valence-corrected chi connectivity index (χ3v) is 3.22. The second-order valence-corrected chi connectivity index (χ2v) is 4.93. The molecule has 0 saturated carbocycles. The van der Waals surface area contributed by atoms with Crippen molar-refractivity contribution in [1.82, 2.24) is 9.80 Å². The van der Waals surface area contributed by atoms with E-state index in [9.17, 15) is 9.59 Å². The summed E-state index contributed by atoms with van der Waals surface area (Å²) in [5.41, 5.74) is 5.52. The van der Waals surface area contributed by atoms with E-state index in [1.54, 1.807) is 21.1 Å². The van der Waals surface area contributed by atoms with E-state index in [2.05, 4.69) is 6.92 Å². The van der Waals surface area contributed by atoms with Crippen LogP contribution in [0, 0.1) is 5.92 Å². The standard InChI is InChI=1S/C13H27N3O2/c1-5-11(8-9-14)6-7-12(17)16(4)10-13(18)15(2)3/h11H,5-10,14H2,1-4H3. The van der Waals surface area contributed by atoms with Crippen molar-refractivity contribution in [1.29, 1.82) is 0 Å². The Bertz CT molecular complexity index is 267. The van der Waals surface area contributed by atoms with E-state index >= 15 is 0 Å². The summed E-state index contributed by atoms with van der Waals surface area (Å²) in [6.07, 6.45) is 3.36. The molecule has 0 aliphatic rings. The molecule has 0 heterocycles. The molecule has 2 amide bonds. The Balaban J connectivity index is 4.04. The van der Waals surface area contributed by atoms with Crippen LogP contribution in [0.15, 0.2) is 0 Å². The molecule has 0 aromatic rings. The van der Waals surface area contributed by atoms with Crippen LogP contribution >= 0.6 is 0 Å². The highest BCUT2D eigenvalue weighted by Crippen LogP contribution is 2.15. The molecule has 0 radical (unpaired) electrons. The van der Waals surface area contributed by atoms with Gasteiger partial charge in [0, 0.05) is 27.6 Å². The molecule has 1 atom stereocenters.